The summed E-state index contributed by atoms with van der Waals surface area (Å²) in [5.74, 6) is 0.424. The Hall–Kier alpha value is -2.70. The number of amides is 1. The van der Waals surface area contributed by atoms with E-state index >= 15 is 0 Å². The smallest absolute Gasteiger partial charge is 0.416 e. The molecule has 1 amide bonds. The molecule has 4 nitrogen and oxygen atoms in total. The zero-order valence-corrected chi connectivity index (χ0v) is 16.5. The largest absolute Gasteiger partial charge is 0.489 e. The molecule has 1 saturated heterocycles. The minimum Gasteiger partial charge on any atom is -0.489 e. The number of hydrogen-bond acceptors (Lipinski definition) is 3. The van der Waals surface area contributed by atoms with Gasteiger partial charge >= 0.3 is 6.18 Å². The third-order valence-corrected chi connectivity index (χ3v) is 5.11. The highest BCUT2D eigenvalue weighted by molar-refractivity contribution is 5.83. The van der Waals surface area contributed by atoms with E-state index in [9.17, 15) is 18.0 Å². The van der Waals surface area contributed by atoms with Crippen LogP contribution in [-0.2, 0) is 11.0 Å². The average Bonchev–Trinajstić information content (AvgIpc) is 3.16. The van der Waals surface area contributed by atoms with Gasteiger partial charge in [0, 0.05) is 25.2 Å². The van der Waals surface area contributed by atoms with E-state index in [1.807, 2.05) is 43.0 Å². The van der Waals surface area contributed by atoms with Gasteiger partial charge in [-0.15, -0.1) is 0 Å². The quantitative estimate of drug-likeness (QED) is 0.762. The van der Waals surface area contributed by atoms with Crippen LogP contribution in [0, 0.1) is 0 Å². The lowest BCUT2D eigenvalue weighted by atomic mass is 10.0. The molecule has 0 aliphatic carbocycles. The van der Waals surface area contributed by atoms with E-state index in [4.69, 9.17) is 4.74 Å². The Morgan fingerprint density at radius 1 is 1.24 bits per heavy atom. The fraction of sp³-hybridized carbons (Fsp3) is 0.409. The van der Waals surface area contributed by atoms with Gasteiger partial charge in [0.05, 0.1) is 18.0 Å². The first kappa shape index (κ1) is 21.0. The van der Waals surface area contributed by atoms with Gasteiger partial charge < -0.3 is 15.0 Å². The molecule has 1 aliphatic heterocycles. The predicted molar refractivity (Wildman–Crippen MR) is 106 cm³/mol. The van der Waals surface area contributed by atoms with Gasteiger partial charge in [0.15, 0.2) is 0 Å². The Kier molecular flexibility index (Phi) is 6.35. The second-order valence-electron chi connectivity index (χ2n) is 7.21. The summed E-state index contributed by atoms with van der Waals surface area (Å²) in [5, 5.41) is 2.80. The van der Waals surface area contributed by atoms with E-state index in [1.165, 1.54) is 12.1 Å². The van der Waals surface area contributed by atoms with Crippen molar-refractivity contribution in [2.24, 2.45) is 0 Å². The fourth-order valence-electron chi connectivity index (χ4n) is 3.44. The van der Waals surface area contributed by atoms with Crippen LogP contribution < -0.4 is 15.0 Å². The highest BCUT2D eigenvalue weighted by Gasteiger charge is 2.32. The molecule has 3 rings (SSSR count). The van der Waals surface area contributed by atoms with Crippen molar-refractivity contribution in [2.75, 3.05) is 24.5 Å². The zero-order chi connectivity index (χ0) is 21.0. The minimum absolute atomic E-state index is 0.0197. The first-order valence-corrected chi connectivity index (χ1v) is 9.74. The maximum atomic E-state index is 12.9. The molecule has 2 unspecified atom stereocenters. The van der Waals surface area contributed by atoms with Crippen molar-refractivity contribution in [3.8, 4) is 5.75 Å². The SMILES string of the molecule is CCNC(=O)C(C)c1ccc(OC2CCN(c3cccc(C(F)(F)F)c3)C2)cc1. The summed E-state index contributed by atoms with van der Waals surface area (Å²) < 4.78 is 44.8. The predicted octanol–water partition coefficient (Wildman–Crippen LogP) is 4.60. The molecule has 7 heteroatoms. The van der Waals surface area contributed by atoms with Gasteiger partial charge in [-0.3, -0.25) is 4.79 Å². The van der Waals surface area contributed by atoms with Crippen LogP contribution in [0.2, 0.25) is 0 Å². The highest BCUT2D eigenvalue weighted by Crippen LogP contribution is 2.33. The number of benzene rings is 2. The van der Waals surface area contributed by atoms with Crippen molar-refractivity contribution in [3.63, 3.8) is 0 Å². The van der Waals surface area contributed by atoms with Crippen LogP contribution >= 0.6 is 0 Å². The normalized spacial score (nSPS) is 17.8. The second kappa shape index (κ2) is 8.76. The van der Waals surface area contributed by atoms with E-state index in [2.05, 4.69) is 5.32 Å². The Morgan fingerprint density at radius 2 is 1.97 bits per heavy atom. The first-order chi connectivity index (χ1) is 13.8. The minimum atomic E-state index is -4.35. The molecule has 0 saturated carbocycles. The summed E-state index contributed by atoms with van der Waals surface area (Å²) in [4.78, 5) is 13.9. The van der Waals surface area contributed by atoms with Gasteiger partial charge in [-0.25, -0.2) is 0 Å². The number of hydrogen-bond donors (Lipinski definition) is 1. The molecule has 1 N–H and O–H groups in total. The Morgan fingerprint density at radius 3 is 2.62 bits per heavy atom. The molecule has 29 heavy (non-hydrogen) atoms. The van der Waals surface area contributed by atoms with Crippen molar-refractivity contribution in [1.82, 2.24) is 5.32 Å². The lowest BCUT2D eigenvalue weighted by Gasteiger charge is -2.20. The number of carbonyl (C=O) groups excluding carboxylic acids is 1. The standard InChI is InChI=1S/C22H25F3N2O2/c1-3-26-21(28)15(2)16-7-9-19(10-8-16)29-20-11-12-27(14-20)18-6-4-5-17(13-18)22(23,24)25/h4-10,13,15,20H,3,11-12,14H2,1-2H3,(H,26,28). The maximum Gasteiger partial charge on any atom is 0.416 e. The molecule has 2 atom stereocenters. The molecule has 0 radical (unpaired) electrons. The fourth-order valence-corrected chi connectivity index (χ4v) is 3.44. The average molecular weight is 406 g/mol. The van der Waals surface area contributed by atoms with E-state index in [0.717, 1.165) is 18.1 Å². The summed E-state index contributed by atoms with van der Waals surface area (Å²) in [5.41, 5.74) is 0.813. The van der Waals surface area contributed by atoms with Gasteiger partial charge in [-0.05, 0) is 49.7 Å². The van der Waals surface area contributed by atoms with Crippen LogP contribution in [0.5, 0.6) is 5.75 Å². The molecule has 0 aromatic heterocycles. The van der Waals surface area contributed by atoms with Gasteiger partial charge in [0.2, 0.25) is 5.91 Å². The van der Waals surface area contributed by atoms with E-state index in [1.54, 1.807) is 6.07 Å². The van der Waals surface area contributed by atoms with Crippen LogP contribution in [0.25, 0.3) is 0 Å². The van der Waals surface area contributed by atoms with Gasteiger partial charge in [-0.1, -0.05) is 18.2 Å². The third kappa shape index (κ3) is 5.22. The molecule has 0 spiro atoms. The van der Waals surface area contributed by atoms with Crippen molar-refractivity contribution in [2.45, 2.75) is 38.5 Å². The van der Waals surface area contributed by atoms with Crippen LogP contribution in [-0.4, -0.2) is 31.6 Å². The lowest BCUT2D eigenvalue weighted by molar-refractivity contribution is -0.137. The van der Waals surface area contributed by atoms with Crippen LogP contribution in [0.15, 0.2) is 48.5 Å². The lowest BCUT2D eigenvalue weighted by Crippen LogP contribution is -2.27. The van der Waals surface area contributed by atoms with Crippen molar-refractivity contribution < 1.29 is 22.7 Å². The number of rotatable bonds is 6. The summed E-state index contributed by atoms with van der Waals surface area (Å²) in [6.07, 6.45) is -3.72. The Bertz CT molecular complexity index is 837. The van der Waals surface area contributed by atoms with Gasteiger partial charge in [0.25, 0.3) is 0 Å². The number of likely N-dealkylation sites (N-methyl/N-ethyl adjacent to an activating group) is 1. The van der Waals surface area contributed by atoms with E-state index in [-0.39, 0.29) is 17.9 Å². The molecular weight excluding hydrogens is 381 g/mol. The molecule has 1 aliphatic rings. The summed E-state index contributed by atoms with van der Waals surface area (Å²) in [7, 11) is 0. The number of halogens is 3. The molecule has 1 fully saturated rings. The molecule has 0 bridgehead atoms. The third-order valence-electron chi connectivity index (χ3n) is 5.11. The van der Waals surface area contributed by atoms with Crippen LogP contribution in [0.4, 0.5) is 18.9 Å². The Labute approximate surface area is 168 Å². The van der Waals surface area contributed by atoms with Gasteiger partial charge in [-0.2, -0.15) is 13.2 Å². The number of alkyl halides is 3. The molecule has 1 heterocycles. The number of nitrogens with one attached hydrogen (secondary N) is 1. The molecule has 2 aromatic carbocycles. The number of nitrogens with zero attached hydrogens (tertiary/aromatic N) is 1. The molecule has 156 valence electrons. The topological polar surface area (TPSA) is 41.6 Å². The molecule has 2 aromatic rings. The Balaban J connectivity index is 1.60. The summed E-state index contributed by atoms with van der Waals surface area (Å²) >= 11 is 0. The maximum absolute atomic E-state index is 12.9. The molecular formula is C22H25F3N2O2. The van der Waals surface area contributed by atoms with Crippen molar-refractivity contribution in [3.05, 3.63) is 59.7 Å². The van der Waals surface area contributed by atoms with Gasteiger partial charge in [0.1, 0.15) is 11.9 Å². The van der Waals surface area contributed by atoms with E-state index in [0.29, 0.717) is 31.1 Å². The second-order valence-corrected chi connectivity index (χ2v) is 7.21. The first-order valence-electron chi connectivity index (χ1n) is 9.74. The monoisotopic (exact) mass is 406 g/mol. The zero-order valence-electron chi connectivity index (χ0n) is 16.5. The number of anilines is 1. The number of carbonyl (C=O) groups is 1. The van der Waals surface area contributed by atoms with E-state index < -0.39 is 11.7 Å². The van der Waals surface area contributed by atoms with Crippen LogP contribution in [0.3, 0.4) is 0 Å². The number of ether oxygens (including phenoxy) is 1. The summed E-state index contributed by atoms with van der Waals surface area (Å²) in [6, 6.07) is 12.8. The summed E-state index contributed by atoms with van der Waals surface area (Å²) in [6.45, 7) is 5.49. The van der Waals surface area contributed by atoms with Crippen LogP contribution in [0.1, 0.15) is 37.3 Å². The highest BCUT2D eigenvalue weighted by atomic mass is 19.4. The van der Waals surface area contributed by atoms with Crippen molar-refractivity contribution in [1.29, 1.82) is 0 Å². The van der Waals surface area contributed by atoms with Crippen molar-refractivity contribution >= 4 is 11.6 Å².